The summed E-state index contributed by atoms with van der Waals surface area (Å²) in [5.74, 6) is 0.731. The average Bonchev–Trinajstić information content (AvgIpc) is 3.09. The van der Waals surface area contributed by atoms with Gasteiger partial charge in [-0.1, -0.05) is 42.5 Å². The lowest BCUT2D eigenvalue weighted by molar-refractivity contribution is 0.339. The predicted molar refractivity (Wildman–Crippen MR) is 103 cm³/mol. The molecule has 2 aromatic carbocycles. The van der Waals surface area contributed by atoms with Gasteiger partial charge in [0.1, 0.15) is 0 Å². The van der Waals surface area contributed by atoms with Gasteiger partial charge < -0.3 is 11.1 Å². The summed E-state index contributed by atoms with van der Waals surface area (Å²) in [6, 6.07) is 15.3. The number of thiazole rings is 1. The summed E-state index contributed by atoms with van der Waals surface area (Å²) in [6.45, 7) is 1.01. The number of aromatic nitrogens is 1. The van der Waals surface area contributed by atoms with Crippen molar-refractivity contribution in [2.45, 2.75) is 31.7 Å². The van der Waals surface area contributed by atoms with Crippen molar-refractivity contribution in [1.29, 1.82) is 0 Å². The van der Waals surface area contributed by atoms with Crippen LogP contribution in [-0.4, -0.2) is 17.6 Å². The highest BCUT2D eigenvalue weighted by molar-refractivity contribution is 7.14. The maximum atomic E-state index is 5.99. The number of nitrogens with two attached hydrogens (primary N) is 1. The molecule has 0 amide bonds. The number of rotatable bonds is 4. The van der Waals surface area contributed by atoms with Crippen molar-refractivity contribution in [2.24, 2.45) is 11.7 Å². The number of benzene rings is 2. The third-order valence-corrected chi connectivity index (χ3v) is 5.80. The van der Waals surface area contributed by atoms with Crippen LogP contribution in [0.3, 0.4) is 0 Å². The van der Waals surface area contributed by atoms with Crippen LogP contribution in [0.25, 0.3) is 22.0 Å². The normalized spacial score (nSPS) is 21.0. The number of anilines is 1. The maximum absolute atomic E-state index is 5.99. The predicted octanol–water partition coefficient (Wildman–Crippen LogP) is 4.89. The van der Waals surface area contributed by atoms with Crippen molar-refractivity contribution in [2.75, 3.05) is 11.9 Å². The van der Waals surface area contributed by atoms with E-state index in [0.717, 1.165) is 36.1 Å². The van der Waals surface area contributed by atoms with Crippen molar-refractivity contribution in [3.8, 4) is 11.3 Å². The molecule has 1 aliphatic carbocycles. The van der Waals surface area contributed by atoms with E-state index in [2.05, 4.69) is 53.2 Å². The molecule has 4 heteroatoms. The van der Waals surface area contributed by atoms with Crippen LogP contribution in [0.2, 0.25) is 0 Å². The van der Waals surface area contributed by atoms with Gasteiger partial charge >= 0.3 is 0 Å². The Balaban J connectivity index is 1.48. The lowest BCUT2D eigenvalue weighted by Crippen LogP contribution is -2.29. The summed E-state index contributed by atoms with van der Waals surface area (Å²) in [5, 5.41) is 9.23. The van der Waals surface area contributed by atoms with Gasteiger partial charge in [-0.15, -0.1) is 11.3 Å². The molecular weight excluding hydrogens is 314 g/mol. The van der Waals surface area contributed by atoms with Gasteiger partial charge in [-0.2, -0.15) is 0 Å². The molecule has 1 fully saturated rings. The van der Waals surface area contributed by atoms with E-state index in [9.17, 15) is 0 Å². The van der Waals surface area contributed by atoms with E-state index in [4.69, 9.17) is 10.7 Å². The van der Waals surface area contributed by atoms with E-state index >= 15 is 0 Å². The molecule has 0 aliphatic heterocycles. The first-order chi connectivity index (χ1) is 11.8. The Morgan fingerprint density at radius 3 is 2.71 bits per heavy atom. The van der Waals surface area contributed by atoms with Crippen molar-refractivity contribution >= 4 is 27.2 Å². The fourth-order valence-corrected chi connectivity index (χ4v) is 4.27. The Morgan fingerprint density at radius 2 is 1.83 bits per heavy atom. The van der Waals surface area contributed by atoms with Crippen LogP contribution in [0.15, 0.2) is 47.8 Å². The quantitative estimate of drug-likeness (QED) is 0.712. The highest BCUT2D eigenvalue weighted by Crippen LogP contribution is 2.31. The molecule has 4 rings (SSSR count). The summed E-state index contributed by atoms with van der Waals surface area (Å²) < 4.78 is 0. The van der Waals surface area contributed by atoms with Gasteiger partial charge in [0, 0.05) is 23.5 Å². The molecule has 0 bridgehead atoms. The molecule has 0 saturated heterocycles. The second-order valence-electron chi connectivity index (χ2n) is 6.73. The smallest absolute Gasteiger partial charge is 0.183 e. The molecule has 0 spiro atoms. The molecule has 1 aromatic heterocycles. The van der Waals surface area contributed by atoms with E-state index in [1.54, 1.807) is 11.3 Å². The van der Waals surface area contributed by atoms with E-state index in [1.165, 1.54) is 29.2 Å². The van der Waals surface area contributed by atoms with Gasteiger partial charge in [0.25, 0.3) is 0 Å². The first-order valence-corrected chi connectivity index (χ1v) is 9.60. The topological polar surface area (TPSA) is 50.9 Å². The lowest BCUT2D eigenvalue weighted by Gasteiger charge is -2.25. The Morgan fingerprint density at radius 1 is 1.04 bits per heavy atom. The van der Waals surface area contributed by atoms with Crippen molar-refractivity contribution < 1.29 is 0 Å². The first kappa shape index (κ1) is 15.6. The lowest BCUT2D eigenvalue weighted by atomic mass is 9.86. The molecular formula is C20H23N3S. The Kier molecular flexibility index (Phi) is 4.50. The molecule has 1 aliphatic rings. The summed E-state index contributed by atoms with van der Waals surface area (Å²) in [6.07, 6.45) is 4.78. The molecule has 1 saturated carbocycles. The minimum atomic E-state index is 0.416. The van der Waals surface area contributed by atoms with Gasteiger partial charge in [-0.3, -0.25) is 0 Å². The SMILES string of the molecule is NC1CCC(CNc2nc(-c3cccc4ccccc34)cs2)CC1. The second-order valence-corrected chi connectivity index (χ2v) is 7.58. The van der Waals surface area contributed by atoms with Crippen LogP contribution in [0.1, 0.15) is 25.7 Å². The summed E-state index contributed by atoms with van der Waals surface area (Å²) in [7, 11) is 0. The Bertz CT molecular complexity index is 813. The fourth-order valence-electron chi connectivity index (χ4n) is 3.55. The van der Waals surface area contributed by atoms with E-state index in [0.29, 0.717) is 6.04 Å². The second kappa shape index (κ2) is 6.91. The molecule has 24 heavy (non-hydrogen) atoms. The molecule has 0 atom stereocenters. The molecule has 0 unspecified atom stereocenters. The highest BCUT2D eigenvalue weighted by Gasteiger charge is 2.18. The third-order valence-electron chi connectivity index (χ3n) is 5.00. The number of nitrogens with zero attached hydrogens (tertiary/aromatic N) is 1. The van der Waals surface area contributed by atoms with Crippen molar-refractivity contribution in [1.82, 2.24) is 4.98 Å². The van der Waals surface area contributed by atoms with Crippen LogP contribution >= 0.6 is 11.3 Å². The largest absolute Gasteiger partial charge is 0.361 e. The summed E-state index contributed by atoms with van der Waals surface area (Å²) >= 11 is 1.70. The number of hydrogen-bond acceptors (Lipinski definition) is 4. The zero-order valence-electron chi connectivity index (χ0n) is 13.7. The molecule has 3 nitrogen and oxygen atoms in total. The number of nitrogens with one attached hydrogen (secondary N) is 1. The molecule has 0 radical (unpaired) electrons. The molecule has 124 valence electrons. The van der Waals surface area contributed by atoms with Gasteiger partial charge in [0.05, 0.1) is 5.69 Å². The van der Waals surface area contributed by atoms with Crippen molar-refractivity contribution in [3.05, 3.63) is 47.8 Å². The van der Waals surface area contributed by atoms with Crippen LogP contribution in [-0.2, 0) is 0 Å². The van der Waals surface area contributed by atoms with Gasteiger partial charge in [0.15, 0.2) is 5.13 Å². The van der Waals surface area contributed by atoms with Gasteiger partial charge in [-0.25, -0.2) is 4.98 Å². The minimum absolute atomic E-state index is 0.416. The zero-order valence-corrected chi connectivity index (χ0v) is 14.6. The molecule has 1 heterocycles. The maximum Gasteiger partial charge on any atom is 0.183 e. The zero-order chi connectivity index (χ0) is 16.4. The Labute approximate surface area is 146 Å². The Hall–Kier alpha value is -1.91. The average molecular weight is 337 g/mol. The molecule has 3 N–H and O–H groups in total. The first-order valence-electron chi connectivity index (χ1n) is 8.73. The van der Waals surface area contributed by atoms with Crippen LogP contribution in [0.5, 0.6) is 0 Å². The van der Waals surface area contributed by atoms with E-state index < -0.39 is 0 Å². The number of fused-ring (bicyclic) bond motifs is 1. The van der Waals surface area contributed by atoms with E-state index in [-0.39, 0.29) is 0 Å². The fraction of sp³-hybridized carbons (Fsp3) is 0.350. The van der Waals surface area contributed by atoms with Gasteiger partial charge in [-0.05, 0) is 42.4 Å². The summed E-state index contributed by atoms with van der Waals surface area (Å²) in [5.41, 5.74) is 8.26. The van der Waals surface area contributed by atoms with Crippen LogP contribution in [0, 0.1) is 5.92 Å². The third kappa shape index (κ3) is 3.30. The minimum Gasteiger partial charge on any atom is -0.361 e. The molecule has 3 aromatic rings. The van der Waals surface area contributed by atoms with Crippen LogP contribution < -0.4 is 11.1 Å². The summed E-state index contributed by atoms with van der Waals surface area (Å²) in [4.78, 5) is 4.81. The standard InChI is InChI=1S/C20H23N3S/c21-16-10-8-14(9-11-16)12-22-20-23-19(13-24-20)18-7-3-5-15-4-1-2-6-17(15)18/h1-7,13-14,16H,8-12,21H2,(H,22,23). The highest BCUT2D eigenvalue weighted by atomic mass is 32.1. The van der Waals surface area contributed by atoms with Gasteiger partial charge in [0.2, 0.25) is 0 Å². The van der Waals surface area contributed by atoms with Crippen molar-refractivity contribution in [3.63, 3.8) is 0 Å². The van der Waals surface area contributed by atoms with Crippen LogP contribution in [0.4, 0.5) is 5.13 Å². The van der Waals surface area contributed by atoms with E-state index in [1.807, 2.05) is 0 Å². The monoisotopic (exact) mass is 337 g/mol. The number of hydrogen-bond donors (Lipinski definition) is 2.